The van der Waals surface area contributed by atoms with Crippen molar-refractivity contribution in [1.29, 1.82) is 0 Å². The highest BCUT2D eigenvalue weighted by Crippen LogP contribution is 2.26. The number of ether oxygens (including phenoxy) is 2. The minimum atomic E-state index is -1.18. The van der Waals surface area contributed by atoms with Gasteiger partial charge in [0.15, 0.2) is 11.8 Å². The standard InChI is InChI=1S/C34H45N7O9/c1-3-49-34(48)39-20-18-38(19-21-39)32(46)25(13-14-29(42)43)35-30(44)26-22-28(41(36-26)24-10-5-4-6-11-24)50-23(2)31(45)40-17-9-12-27(40)33(47)37-15-7-8-16-37/h4-6,10-11,22-23,25,27H,3,7-9,12-21H2,1-2H3,(H,35,44)(H,42,43)/t23-,25+,27+/m1/s1. The van der Waals surface area contributed by atoms with Crippen molar-refractivity contribution in [3.8, 4) is 11.6 Å². The van der Waals surface area contributed by atoms with Crippen LogP contribution < -0.4 is 10.1 Å². The second-order valence-electron chi connectivity index (χ2n) is 12.6. The van der Waals surface area contributed by atoms with Crippen molar-refractivity contribution in [3.63, 3.8) is 0 Å². The zero-order valence-corrected chi connectivity index (χ0v) is 28.5. The van der Waals surface area contributed by atoms with Crippen molar-refractivity contribution in [2.45, 2.75) is 70.6 Å². The molecule has 16 heteroatoms. The van der Waals surface area contributed by atoms with Gasteiger partial charge in [-0.3, -0.25) is 24.0 Å². The smallest absolute Gasteiger partial charge is 0.409 e. The minimum Gasteiger partial charge on any atom is -0.481 e. The predicted molar refractivity (Wildman–Crippen MR) is 178 cm³/mol. The SMILES string of the molecule is CCOC(=O)N1CCN(C(=O)[C@H](CCC(=O)O)NC(=O)c2cc(O[C@H](C)C(=O)N3CCC[C@H]3C(=O)N3CCCC3)n(-c3ccccc3)n2)CC1. The van der Waals surface area contributed by atoms with Crippen LogP contribution >= 0.6 is 0 Å². The van der Waals surface area contributed by atoms with Crippen molar-refractivity contribution in [2.24, 2.45) is 0 Å². The Labute approximate surface area is 290 Å². The van der Waals surface area contributed by atoms with E-state index >= 15 is 0 Å². The van der Waals surface area contributed by atoms with Crippen molar-refractivity contribution >= 4 is 35.7 Å². The van der Waals surface area contributed by atoms with Gasteiger partial charge in [-0.1, -0.05) is 18.2 Å². The lowest BCUT2D eigenvalue weighted by atomic mass is 10.1. The lowest BCUT2D eigenvalue weighted by Crippen LogP contribution is -2.56. The van der Waals surface area contributed by atoms with Crippen LogP contribution in [-0.2, 0) is 23.9 Å². The summed E-state index contributed by atoms with van der Waals surface area (Å²) in [5, 5.41) is 16.4. The first-order valence-corrected chi connectivity index (χ1v) is 17.2. The molecule has 3 fully saturated rings. The van der Waals surface area contributed by atoms with Crippen LogP contribution in [0.25, 0.3) is 5.69 Å². The molecule has 0 saturated carbocycles. The molecule has 5 amide bonds. The van der Waals surface area contributed by atoms with Crippen LogP contribution in [0.5, 0.6) is 5.88 Å². The van der Waals surface area contributed by atoms with Gasteiger partial charge in [-0.15, -0.1) is 0 Å². The number of carbonyl (C=O) groups excluding carboxylic acids is 5. The molecule has 1 aromatic carbocycles. The maximum Gasteiger partial charge on any atom is 0.409 e. The minimum absolute atomic E-state index is 0.0401. The molecule has 0 radical (unpaired) electrons. The summed E-state index contributed by atoms with van der Waals surface area (Å²) < 4.78 is 12.6. The van der Waals surface area contributed by atoms with Crippen LogP contribution in [0.3, 0.4) is 0 Å². The third-order valence-electron chi connectivity index (χ3n) is 9.16. The topological polar surface area (TPSA) is 184 Å². The number of carbonyl (C=O) groups is 6. The van der Waals surface area contributed by atoms with Gasteiger partial charge in [-0.05, 0) is 58.1 Å². The molecule has 0 spiro atoms. The number of para-hydroxylation sites is 1. The number of aliphatic carboxylic acids is 1. The lowest BCUT2D eigenvalue weighted by Gasteiger charge is -2.35. The number of benzene rings is 1. The quantitative estimate of drug-likeness (QED) is 0.330. The largest absolute Gasteiger partial charge is 0.481 e. The number of rotatable bonds is 12. The Balaban J connectivity index is 1.31. The van der Waals surface area contributed by atoms with Crippen LogP contribution in [0.4, 0.5) is 4.79 Å². The van der Waals surface area contributed by atoms with E-state index in [9.17, 15) is 33.9 Å². The Kier molecular flexibility index (Phi) is 11.9. The van der Waals surface area contributed by atoms with Crippen molar-refractivity contribution in [2.75, 3.05) is 52.4 Å². The molecule has 3 aliphatic heterocycles. The molecule has 0 unspecified atom stereocenters. The molecular weight excluding hydrogens is 650 g/mol. The first kappa shape index (κ1) is 36.1. The van der Waals surface area contributed by atoms with E-state index in [1.54, 1.807) is 43.0 Å². The fourth-order valence-electron chi connectivity index (χ4n) is 6.52. The molecule has 270 valence electrons. The molecule has 3 saturated heterocycles. The number of amides is 5. The van der Waals surface area contributed by atoms with Gasteiger partial charge in [0.25, 0.3) is 11.8 Å². The Morgan fingerprint density at radius 2 is 1.58 bits per heavy atom. The molecule has 3 atom stereocenters. The Hall–Kier alpha value is -5.15. The number of likely N-dealkylation sites (tertiary alicyclic amines) is 2. The summed E-state index contributed by atoms with van der Waals surface area (Å²) in [6.07, 6.45) is 1.16. The summed E-state index contributed by atoms with van der Waals surface area (Å²) in [5.41, 5.74) is 0.425. The number of carboxylic acid groups (broad SMARTS) is 1. The summed E-state index contributed by atoms with van der Waals surface area (Å²) in [6, 6.07) is 8.48. The molecule has 3 aliphatic rings. The average Bonchev–Trinajstić information content (AvgIpc) is 3.92. The van der Waals surface area contributed by atoms with E-state index in [-0.39, 0.29) is 69.0 Å². The second-order valence-corrected chi connectivity index (χ2v) is 12.6. The number of hydrogen-bond donors (Lipinski definition) is 2. The predicted octanol–water partition coefficient (Wildman–Crippen LogP) is 1.52. The highest BCUT2D eigenvalue weighted by Gasteiger charge is 2.39. The Morgan fingerprint density at radius 3 is 2.24 bits per heavy atom. The van der Waals surface area contributed by atoms with Gasteiger partial charge in [0.2, 0.25) is 17.7 Å². The van der Waals surface area contributed by atoms with Crippen LogP contribution in [0.2, 0.25) is 0 Å². The van der Waals surface area contributed by atoms with Crippen LogP contribution in [0.1, 0.15) is 62.9 Å². The molecule has 1 aromatic heterocycles. The van der Waals surface area contributed by atoms with Gasteiger partial charge in [-0.25, -0.2) is 9.48 Å². The average molecular weight is 696 g/mol. The highest BCUT2D eigenvalue weighted by molar-refractivity contribution is 5.96. The van der Waals surface area contributed by atoms with Crippen LogP contribution in [0.15, 0.2) is 36.4 Å². The molecule has 2 aromatic rings. The summed E-state index contributed by atoms with van der Waals surface area (Å²) in [4.78, 5) is 83.9. The normalized spacial score (nSPS) is 18.8. The van der Waals surface area contributed by atoms with E-state index in [0.29, 0.717) is 38.2 Å². The van der Waals surface area contributed by atoms with Crippen molar-refractivity contribution in [3.05, 3.63) is 42.1 Å². The van der Waals surface area contributed by atoms with Gasteiger partial charge < -0.3 is 39.5 Å². The van der Waals surface area contributed by atoms with Gasteiger partial charge in [0.1, 0.15) is 12.1 Å². The number of nitrogens with zero attached hydrogens (tertiary/aromatic N) is 6. The van der Waals surface area contributed by atoms with Gasteiger partial charge >= 0.3 is 12.1 Å². The lowest BCUT2D eigenvalue weighted by molar-refractivity contribution is -0.147. The van der Waals surface area contributed by atoms with Crippen LogP contribution in [-0.4, -0.2) is 141 Å². The van der Waals surface area contributed by atoms with E-state index in [2.05, 4.69) is 10.4 Å². The van der Waals surface area contributed by atoms with E-state index in [1.807, 2.05) is 11.0 Å². The molecule has 0 bridgehead atoms. The summed E-state index contributed by atoms with van der Waals surface area (Å²) in [7, 11) is 0. The van der Waals surface area contributed by atoms with E-state index in [0.717, 1.165) is 12.8 Å². The maximum atomic E-state index is 13.7. The van der Waals surface area contributed by atoms with Crippen molar-refractivity contribution < 1.29 is 43.3 Å². The third kappa shape index (κ3) is 8.52. The maximum absolute atomic E-state index is 13.7. The Bertz CT molecular complexity index is 1550. The number of carboxylic acids is 1. The molecule has 5 rings (SSSR count). The fourth-order valence-corrected chi connectivity index (χ4v) is 6.52. The summed E-state index contributed by atoms with van der Waals surface area (Å²) in [6.45, 7) is 6.17. The van der Waals surface area contributed by atoms with E-state index < -0.39 is 42.1 Å². The summed E-state index contributed by atoms with van der Waals surface area (Å²) >= 11 is 0. The molecule has 0 aliphatic carbocycles. The van der Waals surface area contributed by atoms with E-state index in [4.69, 9.17) is 9.47 Å². The molecule has 16 nitrogen and oxygen atoms in total. The first-order chi connectivity index (χ1) is 24.1. The molecule has 4 heterocycles. The van der Waals surface area contributed by atoms with Gasteiger partial charge in [0, 0.05) is 58.3 Å². The zero-order chi connectivity index (χ0) is 35.8. The number of piperazine rings is 1. The third-order valence-corrected chi connectivity index (χ3v) is 9.16. The van der Waals surface area contributed by atoms with Gasteiger partial charge in [0.05, 0.1) is 12.3 Å². The monoisotopic (exact) mass is 695 g/mol. The number of hydrogen-bond acceptors (Lipinski definition) is 9. The summed E-state index contributed by atoms with van der Waals surface area (Å²) in [5.74, 6) is -2.66. The first-order valence-electron chi connectivity index (χ1n) is 17.2. The highest BCUT2D eigenvalue weighted by atomic mass is 16.6. The van der Waals surface area contributed by atoms with Crippen LogP contribution in [0, 0.1) is 0 Å². The van der Waals surface area contributed by atoms with Crippen molar-refractivity contribution in [1.82, 2.24) is 34.7 Å². The number of nitrogens with one attached hydrogen (secondary N) is 1. The number of aromatic nitrogens is 2. The Morgan fingerprint density at radius 1 is 0.900 bits per heavy atom. The molecule has 2 N–H and O–H groups in total. The second kappa shape index (κ2) is 16.5. The van der Waals surface area contributed by atoms with Gasteiger partial charge in [-0.2, -0.15) is 5.10 Å². The fraction of sp³-hybridized carbons (Fsp3) is 0.559. The zero-order valence-electron chi connectivity index (χ0n) is 28.5. The molecule has 50 heavy (non-hydrogen) atoms. The molecular formula is C34H45N7O9. The van der Waals surface area contributed by atoms with E-state index in [1.165, 1.54) is 20.5 Å².